The van der Waals surface area contributed by atoms with E-state index in [9.17, 15) is 9.59 Å². The first-order valence-electron chi connectivity index (χ1n) is 9.68. The van der Waals surface area contributed by atoms with Crippen molar-refractivity contribution in [3.8, 4) is 21.9 Å². The molecule has 0 bridgehead atoms. The Morgan fingerprint density at radius 2 is 1.87 bits per heavy atom. The van der Waals surface area contributed by atoms with Crippen molar-refractivity contribution >= 4 is 28.9 Å². The SMILES string of the molecule is CCc1cccc(NC(=O)COC(=O)c2ccc(-c3ccc4c(c3)OCCO4)s2)c1. The highest BCUT2D eigenvalue weighted by atomic mass is 32.1. The summed E-state index contributed by atoms with van der Waals surface area (Å²) < 4.78 is 16.3. The van der Waals surface area contributed by atoms with Crippen molar-refractivity contribution in [1.29, 1.82) is 0 Å². The van der Waals surface area contributed by atoms with Gasteiger partial charge in [0.1, 0.15) is 18.1 Å². The quantitative estimate of drug-likeness (QED) is 0.589. The molecule has 2 heterocycles. The molecule has 0 atom stereocenters. The Balaban J connectivity index is 1.35. The molecule has 7 heteroatoms. The first-order chi connectivity index (χ1) is 14.6. The molecule has 1 aromatic heterocycles. The maximum absolute atomic E-state index is 12.3. The van der Waals surface area contributed by atoms with Crippen LogP contribution in [0.5, 0.6) is 11.5 Å². The van der Waals surface area contributed by atoms with Gasteiger partial charge in [-0.1, -0.05) is 19.1 Å². The predicted molar refractivity (Wildman–Crippen MR) is 115 cm³/mol. The fraction of sp³-hybridized carbons (Fsp3) is 0.217. The van der Waals surface area contributed by atoms with E-state index in [1.165, 1.54) is 11.3 Å². The van der Waals surface area contributed by atoms with Gasteiger partial charge >= 0.3 is 5.97 Å². The Morgan fingerprint density at radius 1 is 1.03 bits per heavy atom. The van der Waals surface area contributed by atoms with Crippen LogP contribution in [0.1, 0.15) is 22.2 Å². The lowest BCUT2D eigenvalue weighted by atomic mass is 10.1. The predicted octanol–water partition coefficient (Wildman–Crippen LogP) is 4.54. The minimum atomic E-state index is -0.527. The number of aryl methyl sites for hydroxylation is 1. The number of carbonyl (C=O) groups is 2. The number of thiophene rings is 1. The molecule has 0 saturated heterocycles. The van der Waals surface area contributed by atoms with Gasteiger partial charge in [-0.25, -0.2) is 4.79 Å². The molecule has 1 aliphatic rings. The maximum atomic E-state index is 12.3. The van der Waals surface area contributed by atoms with Crippen molar-refractivity contribution in [2.45, 2.75) is 13.3 Å². The number of amides is 1. The minimum absolute atomic E-state index is 0.341. The molecule has 154 valence electrons. The van der Waals surface area contributed by atoms with E-state index in [-0.39, 0.29) is 12.5 Å². The van der Waals surface area contributed by atoms with Gasteiger partial charge in [0, 0.05) is 10.6 Å². The molecule has 1 N–H and O–H groups in total. The van der Waals surface area contributed by atoms with Crippen LogP contribution in [0.2, 0.25) is 0 Å². The summed E-state index contributed by atoms with van der Waals surface area (Å²) in [5, 5.41) is 2.74. The highest BCUT2D eigenvalue weighted by Gasteiger charge is 2.16. The van der Waals surface area contributed by atoms with E-state index in [1.54, 1.807) is 12.1 Å². The molecular weight excluding hydrogens is 402 g/mol. The van der Waals surface area contributed by atoms with Crippen LogP contribution in [0.25, 0.3) is 10.4 Å². The van der Waals surface area contributed by atoms with Gasteiger partial charge < -0.3 is 19.5 Å². The van der Waals surface area contributed by atoms with Crippen LogP contribution in [0.15, 0.2) is 54.6 Å². The van der Waals surface area contributed by atoms with E-state index in [0.717, 1.165) is 28.2 Å². The van der Waals surface area contributed by atoms with Crippen molar-refractivity contribution in [2.24, 2.45) is 0 Å². The zero-order valence-electron chi connectivity index (χ0n) is 16.5. The van der Waals surface area contributed by atoms with E-state index in [0.29, 0.717) is 29.5 Å². The number of carbonyl (C=O) groups excluding carboxylic acids is 2. The summed E-state index contributed by atoms with van der Waals surface area (Å²) in [6.07, 6.45) is 0.878. The van der Waals surface area contributed by atoms with Crippen LogP contribution < -0.4 is 14.8 Å². The van der Waals surface area contributed by atoms with Crippen molar-refractivity contribution in [3.63, 3.8) is 0 Å². The number of esters is 1. The second kappa shape index (κ2) is 9.00. The van der Waals surface area contributed by atoms with Crippen LogP contribution in [-0.2, 0) is 16.0 Å². The van der Waals surface area contributed by atoms with Crippen molar-refractivity contribution < 1.29 is 23.8 Å². The minimum Gasteiger partial charge on any atom is -0.486 e. The molecule has 0 spiro atoms. The molecule has 0 aliphatic carbocycles. The zero-order valence-corrected chi connectivity index (χ0v) is 17.3. The molecule has 0 fully saturated rings. The molecule has 4 rings (SSSR count). The Hall–Kier alpha value is -3.32. The number of fused-ring (bicyclic) bond motifs is 1. The van der Waals surface area contributed by atoms with E-state index in [1.807, 2.05) is 49.4 Å². The van der Waals surface area contributed by atoms with Gasteiger partial charge in [0.05, 0.1) is 0 Å². The summed E-state index contributed by atoms with van der Waals surface area (Å²) in [5.74, 6) is 0.512. The lowest BCUT2D eigenvalue weighted by molar-refractivity contribution is -0.119. The Kier molecular flexibility index (Phi) is 5.99. The van der Waals surface area contributed by atoms with Crippen LogP contribution in [0.4, 0.5) is 5.69 Å². The van der Waals surface area contributed by atoms with E-state index >= 15 is 0 Å². The molecule has 1 amide bonds. The van der Waals surface area contributed by atoms with Crippen LogP contribution in [0.3, 0.4) is 0 Å². The van der Waals surface area contributed by atoms with E-state index < -0.39 is 5.97 Å². The van der Waals surface area contributed by atoms with Crippen molar-refractivity contribution in [1.82, 2.24) is 0 Å². The van der Waals surface area contributed by atoms with Crippen molar-refractivity contribution in [3.05, 3.63) is 65.0 Å². The Bertz CT molecular complexity index is 1070. The fourth-order valence-electron chi connectivity index (χ4n) is 3.07. The molecule has 3 aromatic rings. The van der Waals surface area contributed by atoms with Gasteiger partial charge in [0.25, 0.3) is 5.91 Å². The van der Waals surface area contributed by atoms with E-state index in [2.05, 4.69) is 5.32 Å². The Morgan fingerprint density at radius 3 is 2.70 bits per heavy atom. The second-order valence-corrected chi connectivity index (χ2v) is 7.78. The molecule has 2 aromatic carbocycles. The van der Waals surface area contributed by atoms with Crippen molar-refractivity contribution in [2.75, 3.05) is 25.1 Å². The fourth-order valence-corrected chi connectivity index (χ4v) is 3.96. The first kappa shape index (κ1) is 20.0. The number of benzene rings is 2. The lowest BCUT2D eigenvalue weighted by Gasteiger charge is -2.18. The van der Waals surface area contributed by atoms with Gasteiger partial charge in [-0.2, -0.15) is 0 Å². The molecule has 6 nitrogen and oxygen atoms in total. The largest absolute Gasteiger partial charge is 0.486 e. The third kappa shape index (κ3) is 4.63. The van der Waals surface area contributed by atoms with Crippen LogP contribution >= 0.6 is 11.3 Å². The van der Waals surface area contributed by atoms with Crippen LogP contribution in [0, 0.1) is 0 Å². The normalized spacial score (nSPS) is 12.3. The summed E-state index contributed by atoms with van der Waals surface area (Å²) in [5.41, 5.74) is 2.74. The summed E-state index contributed by atoms with van der Waals surface area (Å²) in [4.78, 5) is 25.8. The number of ether oxygens (including phenoxy) is 3. The monoisotopic (exact) mass is 423 g/mol. The number of hydrogen-bond acceptors (Lipinski definition) is 6. The average Bonchev–Trinajstić information content (AvgIpc) is 3.28. The summed E-state index contributed by atoms with van der Waals surface area (Å²) >= 11 is 1.30. The van der Waals surface area contributed by atoms with E-state index in [4.69, 9.17) is 14.2 Å². The summed E-state index contributed by atoms with van der Waals surface area (Å²) in [7, 11) is 0. The number of anilines is 1. The number of rotatable bonds is 6. The number of hydrogen-bond donors (Lipinski definition) is 1. The van der Waals surface area contributed by atoms with Gasteiger partial charge in [0.2, 0.25) is 0 Å². The third-order valence-corrected chi connectivity index (χ3v) is 5.70. The van der Waals surface area contributed by atoms with Crippen LogP contribution in [-0.4, -0.2) is 31.7 Å². The summed E-state index contributed by atoms with van der Waals surface area (Å²) in [6, 6.07) is 16.8. The molecule has 1 aliphatic heterocycles. The van der Waals surface area contributed by atoms with Gasteiger partial charge in [-0.3, -0.25) is 4.79 Å². The lowest BCUT2D eigenvalue weighted by Crippen LogP contribution is -2.20. The Labute approximate surface area is 178 Å². The molecule has 0 radical (unpaired) electrons. The van der Waals surface area contributed by atoms with Gasteiger partial charge in [-0.05, 0) is 60.0 Å². The molecule has 30 heavy (non-hydrogen) atoms. The highest BCUT2D eigenvalue weighted by Crippen LogP contribution is 2.37. The smallest absolute Gasteiger partial charge is 0.348 e. The average molecular weight is 423 g/mol. The zero-order chi connectivity index (χ0) is 20.9. The third-order valence-electron chi connectivity index (χ3n) is 4.59. The first-order valence-corrected chi connectivity index (χ1v) is 10.5. The highest BCUT2D eigenvalue weighted by molar-refractivity contribution is 7.17. The summed E-state index contributed by atoms with van der Waals surface area (Å²) in [6.45, 7) is 2.76. The number of nitrogens with one attached hydrogen (secondary N) is 1. The second-order valence-electron chi connectivity index (χ2n) is 6.70. The van der Waals surface area contributed by atoms with Gasteiger partial charge in [-0.15, -0.1) is 11.3 Å². The topological polar surface area (TPSA) is 73.9 Å². The van der Waals surface area contributed by atoms with Gasteiger partial charge in [0.15, 0.2) is 18.1 Å². The molecule has 0 saturated carbocycles. The molecule has 0 unspecified atom stereocenters. The molecular formula is C23H21NO5S. The maximum Gasteiger partial charge on any atom is 0.348 e. The standard InChI is InChI=1S/C23H21NO5S/c1-2-15-4-3-5-17(12-15)24-22(25)14-29-23(26)21-9-8-20(30-21)16-6-7-18-19(13-16)28-11-10-27-18/h3-9,12-13H,2,10-11,14H2,1H3,(H,24,25).